The SMILES string of the molecule is Cc1cncc(Cl)c1C(N)CO. The van der Waals surface area contributed by atoms with Gasteiger partial charge in [-0.15, -0.1) is 0 Å². The maximum atomic E-state index is 8.83. The fourth-order valence-electron chi connectivity index (χ4n) is 1.10. The number of pyridine rings is 1. The van der Waals surface area contributed by atoms with Crippen LogP contribution in [0.1, 0.15) is 17.2 Å². The zero-order valence-electron chi connectivity index (χ0n) is 6.79. The summed E-state index contributed by atoms with van der Waals surface area (Å²) in [4.78, 5) is 3.89. The van der Waals surface area contributed by atoms with Crippen LogP contribution in [-0.4, -0.2) is 16.7 Å². The number of aliphatic hydroxyl groups excluding tert-OH is 1. The van der Waals surface area contributed by atoms with Gasteiger partial charge in [0.2, 0.25) is 0 Å². The zero-order valence-corrected chi connectivity index (χ0v) is 7.54. The summed E-state index contributed by atoms with van der Waals surface area (Å²) in [5.41, 5.74) is 7.31. The highest BCUT2D eigenvalue weighted by Gasteiger charge is 2.11. The average Bonchev–Trinajstić information content (AvgIpc) is 2.03. The van der Waals surface area contributed by atoms with Gasteiger partial charge in [0.25, 0.3) is 0 Å². The molecule has 0 radical (unpaired) electrons. The Balaban J connectivity index is 3.12. The number of aryl methyl sites for hydroxylation is 1. The smallest absolute Gasteiger partial charge is 0.0640 e. The molecular formula is C8H11ClN2O. The van der Waals surface area contributed by atoms with Crippen molar-refractivity contribution in [3.63, 3.8) is 0 Å². The Labute approximate surface area is 76.2 Å². The Morgan fingerprint density at radius 1 is 1.67 bits per heavy atom. The Kier molecular flexibility index (Phi) is 3.03. The molecule has 0 amide bonds. The van der Waals surface area contributed by atoms with Gasteiger partial charge in [0.05, 0.1) is 17.7 Å². The van der Waals surface area contributed by atoms with Gasteiger partial charge in [-0.3, -0.25) is 4.98 Å². The minimum Gasteiger partial charge on any atom is -0.394 e. The van der Waals surface area contributed by atoms with Crippen molar-refractivity contribution in [2.24, 2.45) is 5.73 Å². The van der Waals surface area contributed by atoms with Gasteiger partial charge in [-0.25, -0.2) is 0 Å². The number of nitrogens with two attached hydrogens (primary N) is 1. The summed E-state index contributed by atoms with van der Waals surface area (Å²) in [6.07, 6.45) is 3.20. The topological polar surface area (TPSA) is 59.1 Å². The lowest BCUT2D eigenvalue weighted by molar-refractivity contribution is 0.267. The predicted molar refractivity (Wildman–Crippen MR) is 48.0 cm³/mol. The van der Waals surface area contributed by atoms with Crippen molar-refractivity contribution in [3.05, 3.63) is 28.5 Å². The zero-order chi connectivity index (χ0) is 9.14. The molecule has 1 rings (SSSR count). The fourth-order valence-corrected chi connectivity index (χ4v) is 1.45. The van der Waals surface area contributed by atoms with E-state index in [2.05, 4.69) is 4.98 Å². The van der Waals surface area contributed by atoms with Crippen LogP contribution in [0.3, 0.4) is 0 Å². The Morgan fingerprint density at radius 2 is 2.33 bits per heavy atom. The molecule has 0 fully saturated rings. The number of rotatable bonds is 2. The number of halogens is 1. The second-order valence-corrected chi connectivity index (χ2v) is 3.05. The third-order valence-electron chi connectivity index (χ3n) is 1.71. The highest BCUT2D eigenvalue weighted by atomic mass is 35.5. The summed E-state index contributed by atoms with van der Waals surface area (Å²) >= 11 is 5.85. The lowest BCUT2D eigenvalue weighted by atomic mass is 10.1. The van der Waals surface area contributed by atoms with Gasteiger partial charge in [-0.1, -0.05) is 11.6 Å². The first-order valence-electron chi connectivity index (χ1n) is 3.63. The van der Waals surface area contributed by atoms with Crippen molar-refractivity contribution >= 4 is 11.6 Å². The highest BCUT2D eigenvalue weighted by Crippen LogP contribution is 2.23. The van der Waals surface area contributed by atoms with E-state index < -0.39 is 6.04 Å². The van der Waals surface area contributed by atoms with E-state index in [1.54, 1.807) is 6.20 Å². The van der Waals surface area contributed by atoms with E-state index in [1.165, 1.54) is 6.20 Å². The van der Waals surface area contributed by atoms with Crippen molar-refractivity contribution < 1.29 is 5.11 Å². The molecular weight excluding hydrogens is 176 g/mol. The maximum Gasteiger partial charge on any atom is 0.0640 e. The van der Waals surface area contributed by atoms with Gasteiger partial charge < -0.3 is 10.8 Å². The van der Waals surface area contributed by atoms with Crippen LogP contribution in [0.25, 0.3) is 0 Å². The van der Waals surface area contributed by atoms with Gasteiger partial charge in [-0.05, 0) is 18.1 Å². The second kappa shape index (κ2) is 3.85. The number of aliphatic hydroxyl groups is 1. The van der Waals surface area contributed by atoms with Crippen molar-refractivity contribution in [3.8, 4) is 0 Å². The van der Waals surface area contributed by atoms with Crippen LogP contribution in [0.2, 0.25) is 5.02 Å². The molecule has 1 atom stereocenters. The van der Waals surface area contributed by atoms with Crippen molar-refractivity contribution in [2.75, 3.05) is 6.61 Å². The molecule has 0 spiro atoms. The van der Waals surface area contributed by atoms with E-state index in [1.807, 2.05) is 6.92 Å². The molecule has 0 aliphatic rings. The Morgan fingerprint density at radius 3 is 2.83 bits per heavy atom. The lowest BCUT2D eigenvalue weighted by Crippen LogP contribution is -2.16. The molecule has 1 aromatic rings. The first kappa shape index (κ1) is 9.45. The summed E-state index contributed by atoms with van der Waals surface area (Å²) in [6, 6.07) is -0.416. The Hall–Kier alpha value is -0.640. The summed E-state index contributed by atoms with van der Waals surface area (Å²) in [7, 11) is 0. The molecule has 0 bridgehead atoms. The van der Waals surface area contributed by atoms with E-state index in [0.29, 0.717) is 5.02 Å². The maximum absolute atomic E-state index is 8.83. The quantitative estimate of drug-likeness (QED) is 0.726. The molecule has 0 saturated carbocycles. The monoisotopic (exact) mass is 186 g/mol. The summed E-state index contributed by atoms with van der Waals surface area (Å²) in [6.45, 7) is 1.76. The highest BCUT2D eigenvalue weighted by molar-refractivity contribution is 6.31. The molecule has 3 nitrogen and oxygen atoms in total. The van der Waals surface area contributed by atoms with Crippen LogP contribution in [0.5, 0.6) is 0 Å². The normalized spacial score (nSPS) is 13.0. The molecule has 0 aromatic carbocycles. The summed E-state index contributed by atoms with van der Waals surface area (Å²) in [5, 5.41) is 9.34. The molecule has 1 unspecified atom stereocenters. The Bertz CT molecular complexity index is 258. The molecule has 0 aliphatic heterocycles. The van der Waals surface area contributed by atoms with Crippen molar-refractivity contribution in [1.29, 1.82) is 0 Å². The average molecular weight is 187 g/mol. The van der Waals surface area contributed by atoms with E-state index in [-0.39, 0.29) is 6.61 Å². The molecule has 12 heavy (non-hydrogen) atoms. The first-order valence-corrected chi connectivity index (χ1v) is 4.01. The fraction of sp³-hybridized carbons (Fsp3) is 0.375. The van der Waals surface area contributed by atoms with Gasteiger partial charge in [0, 0.05) is 12.4 Å². The number of hydrogen-bond donors (Lipinski definition) is 2. The van der Waals surface area contributed by atoms with Crippen LogP contribution in [0.4, 0.5) is 0 Å². The third kappa shape index (κ3) is 1.75. The first-order chi connectivity index (χ1) is 5.66. The van der Waals surface area contributed by atoms with Gasteiger partial charge in [-0.2, -0.15) is 0 Å². The van der Waals surface area contributed by atoms with Crippen LogP contribution < -0.4 is 5.73 Å². The lowest BCUT2D eigenvalue weighted by Gasteiger charge is -2.12. The van der Waals surface area contributed by atoms with Crippen molar-refractivity contribution in [1.82, 2.24) is 4.98 Å². The molecule has 66 valence electrons. The summed E-state index contributed by atoms with van der Waals surface area (Å²) in [5.74, 6) is 0. The summed E-state index contributed by atoms with van der Waals surface area (Å²) < 4.78 is 0. The van der Waals surface area contributed by atoms with E-state index in [4.69, 9.17) is 22.4 Å². The van der Waals surface area contributed by atoms with Gasteiger partial charge in [0.15, 0.2) is 0 Å². The molecule has 3 N–H and O–H groups in total. The predicted octanol–water partition coefficient (Wildman–Crippen LogP) is 1.04. The largest absolute Gasteiger partial charge is 0.394 e. The van der Waals surface area contributed by atoms with Crippen LogP contribution in [0.15, 0.2) is 12.4 Å². The second-order valence-electron chi connectivity index (χ2n) is 2.64. The minimum atomic E-state index is -0.416. The number of nitrogens with zero attached hydrogens (tertiary/aromatic N) is 1. The van der Waals surface area contributed by atoms with E-state index in [0.717, 1.165) is 11.1 Å². The number of aromatic nitrogens is 1. The third-order valence-corrected chi connectivity index (χ3v) is 2.01. The van der Waals surface area contributed by atoms with Crippen molar-refractivity contribution in [2.45, 2.75) is 13.0 Å². The van der Waals surface area contributed by atoms with Crippen LogP contribution >= 0.6 is 11.6 Å². The van der Waals surface area contributed by atoms with Gasteiger partial charge >= 0.3 is 0 Å². The molecule has 0 aliphatic carbocycles. The van der Waals surface area contributed by atoms with Crippen LogP contribution in [0, 0.1) is 6.92 Å². The standard InChI is InChI=1S/C8H11ClN2O/c1-5-2-11-3-6(9)8(5)7(10)4-12/h2-3,7,12H,4,10H2,1H3. The molecule has 1 aromatic heterocycles. The minimum absolute atomic E-state index is 0.107. The van der Waals surface area contributed by atoms with E-state index >= 15 is 0 Å². The van der Waals surface area contributed by atoms with Gasteiger partial charge in [0.1, 0.15) is 0 Å². The molecule has 0 saturated heterocycles. The van der Waals surface area contributed by atoms with E-state index in [9.17, 15) is 0 Å². The molecule has 4 heteroatoms. The van der Waals surface area contributed by atoms with Crippen LogP contribution in [-0.2, 0) is 0 Å². The molecule has 1 heterocycles. The number of hydrogen-bond acceptors (Lipinski definition) is 3.